The Hall–Kier alpha value is -3.97. The number of carbonyl (C=O) groups is 7. The molecule has 15 heteroatoms. The normalized spacial score (nSPS) is 22.1. The van der Waals surface area contributed by atoms with Crippen molar-refractivity contribution in [3.8, 4) is 0 Å². The van der Waals surface area contributed by atoms with Gasteiger partial charge in [0.25, 0.3) is 17.7 Å². The van der Waals surface area contributed by atoms with Gasteiger partial charge in [-0.05, 0) is 29.4 Å². The average molecular weight is 762 g/mol. The smallest absolute Gasteiger partial charge is 0.315 e. The SMILES string of the molecule is C=CCNC(=O)C(=O)C(CCCC)NC(=O)[C@@H]1C2C(CN1C(=O)[C@@H](NC(=O)N[C@H](CN1C(=O)c3ccccc3C1=O)C(C)(C)C)C(C)(C)C)C2(Cl)Cl. The van der Waals surface area contributed by atoms with Crippen molar-refractivity contribution < 1.29 is 33.6 Å². The van der Waals surface area contributed by atoms with Gasteiger partial charge in [0.05, 0.1) is 29.8 Å². The number of rotatable bonds is 14. The fraction of sp³-hybridized carbons (Fsp3) is 0.595. The Balaban J connectivity index is 1.53. The number of hydrogen-bond donors (Lipinski definition) is 4. The molecule has 4 rings (SSSR count). The number of unbranched alkanes of at least 4 members (excludes halogenated alkanes) is 1. The van der Waals surface area contributed by atoms with Crippen molar-refractivity contribution in [1.82, 2.24) is 31.1 Å². The fourth-order valence-electron chi connectivity index (χ4n) is 6.75. The number of nitrogens with zero attached hydrogens (tertiary/aromatic N) is 2. The Morgan fingerprint density at radius 2 is 1.56 bits per heavy atom. The number of hydrogen-bond acceptors (Lipinski definition) is 7. The van der Waals surface area contributed by atoms with Crippen LogP contribution >= 0.6 is 23.2 Å². The van der Waals surface area contributed by atoms with Gasteiger partial charge in [-0.2, -0.15) is 0 Å². The summed E-state index contributed by atoms with van der Waals surface area (Å²) in [5, 5.41) is 10.8. The average Bonchev–Trinajstić information content (AvgIpc) is 3.32. The number of benzene rings is 1. The fourth-order valence-corrected chi connectivity index (χ4v) is 7.57. The standard InChI is InChI=1S/C37H50Cl2N6O7/c1-9-11-16-23(27(46)30(48)40-17-10-2)41-29(47)26-25-22(37(25,38)39)18-44(26)33(51)28(36(6,7)8)43-34(52)42-24(35(3,4)5)19-45-31(49)20-14-12-13-15-21(20)32(45)50/h10,12-15,22-26,28H,2,9,11,16-19H2,1,3-8H3,(H,40,48)(H,41,47)(H2,42,43,52)/t22?,23?,24-,25?,26+,28-/m1/s1. The van der Waals surface area contributed by atoms with Crippen molar-refractivity contribution in [2.45, 2.75) is 96.2 Å². The van der Waals surface area contributed by atoms with Crippen LogP contribution in [0.1, 0.15) is 88.4 Å². The molecule has 0 spiro atoms. The van der Waals surface area contributed by atoms with E-state index in [0.29, 0.717) is 24.0 Å². The van der Waals surface area contributed by atoms with Gasteiger partial charge in [0, 0.05) is 24.9 Å². The first-order chi connectivity index (χ1) is 24.2. The molecule has 3 unspecified atom stereocenters. The lowest BCUT2D eigenvalue weighted by atomic mass is 9.85. The quantitative estimate of drug-likeness (QED) is 0.0971. The first kappa shape index (κ1) is 40.8. The van der Waals surface area contributed by atoms with Gasteiger partial charge in [-0.3, -0.25) is 33.7 Å². The molecule has 2 heterocycles. The second kappa shape index (κ2) is 15.6. The predicted octanol–water partition coefficient (Wildman–Crippen LogP) is 3.59. The van der Waals surface area contributed by atoms with Gasteiger partial charge in [0.15, 0.2) is 0 Å². The van der Waals surface area contributed by atoms with Crippen LogP contribution in [0, 0.1) is 22.7 Å². The van der Waals surface area contributed by atoms with Crippen LogP contribution in [0.3, 0.4) is 0 Å². The number of likely N-dealkylation sites (tertiary alicyclic amines) is 1. The van der Waals surface area contributed by atoms with Crippen molar-refractivity contribution in [2.75, 3.05) is 19.6 Å². The molecule has 1 saturated carbocycles. The summed E-state index contributed by atoms with van der Waals surface area (Å²) >= 11 is 13.1. The molecule has 52 heavy (non-hydrogen) atoms. The molecule has 6 atom stereocenters. The minimum Gasteiger partial charge on any atom is -0.346 e. The second-order valence-corrected chi connectivity index (χ2v) is 17.4. The number of ketones is 1. The van der Waals surface area contributed by atoms with Crippen molar-refractivity contribution >= 4 is 64.6 Å². The van der Waals surface area contributed by atoms with Crippen molar-refractivity contribution in [3.05, 3.63) is 48.0 Å². The highest BCUT2D eigenvalue weighted by molar-refractivity contribution is 6.51. The summed E-state index contributed by atoms with van der Waals surface area (Å²) in [5.74, 6) is -4.92. The number of Topliss-reactive ketones (excluding diaryl/α,β-unsaturated/α-hetero) is 1. The van der Waals surface area contributed by atoms with E-state index in [1.807, 2.05) is 27.7 Å². The van der Waals surface area contributed by atoms with Gasteiger partial charge in [-0.15, -0.1) is 29.8 Å². The van der Waals surface area contributed by atoms with Crippen LogP contribution in [0.5, 0.6) is 0 Å². The van der Waals surface area contributed by atoms with Gasteiger partial charge in [0.1, 0.15) is 16.4 Å². The predicted molar refractivity (Wildman–Crippen MR) is 197 cm³/mol. The molecular formula is C37H50Cl2N6O7. The van der Waals surface area contributed by atoms with Crippen LogP contribution < -0.4 is 21.3 Å². The molecule has 1 aromatic carbocycles. The lowest BCUT2D eigenvalue weighted by Gasteiger charge is -2.38. The highest BCUT2D eigenvalue weighted by Gasteiger charge is 2.74. The number of imide groups is 1. The number of halogens is 2. The summed E-state index contributed by atoms with van der Waals surface area (Å²) in [6.45, 7) is 16.3. The highest BCUT2D eigenvalue weighted by atomic mass is 35.5. The van der Waals surface area contributed by atoms with E-state index < -0.39 is 92.5 Å². The van der Waals surface area contributed by atoms with E-state index in [1.54, 1.807) is 45.0 Å². The molecule has 1 saturated heterocycles. The molecule has 0 bridgehead atoms. The number of carbonyl (C=O) groups excluding carboxylic acids is 7. The first-order valence-electron chi connectivity index (χ1n) is 17.6. The van der Waals surface area contributed by atoms with Crippen LogP contribution in [-0.2, 0) is 19.2 Å². The molecule has 7 amide bonds. The molecule has 2 fully saturated rings. The molecule has 13 nitrogen and oxygen atoms in total. The van der Waals surface area contributed by atoms with Crippen molar-refractivity contribution in [3.63, 3.8) is 0 Å². The third-order valence-corrected chi connectivity index (χ3v) is 11.0. The summed E-state index contributed by atoms with van der Waals surface area (Å²) in [6.07, 6.45) is 2.88. The third kappa shape index (κ3) is 8.46. The molecule has 3 aliphatic rings. The van der Waals surface area contributed by atoms with Gasteiger partial charge >= 0.3 is 6.03 Å². The van der Waals surface area contributed by atoms with E-state index in [2.05, 4.69) is 27.8 Å². The van der Waals surface area contributed by atoms with Crippen LogP contribution in [0.2, 0.25) is 0 Å². The molecule has 4 N–H and O–H groups in total. The van der Waals surface area contributed by atoms with Crippen LogP contribution in [0.25, 0.3) is 0 Å². The maximum Gasteiger partial charge on any atom is 0.315 e. The van der Waals surface area contributed by atoms with E-state index in [0.717, 1.165) is 4.90 Å². The Morgan fingerprint density at radius 3 is 2.08 bits per heavy atom. The summed E-state index contributed by atoms with van der Waals surface area (Å²) in [4.78, 5) is 96.4. The maximum atomic E-state index is 14.4. The van der Waals surface area contributed by atoms with Gasteiger partial charge in [0.2, 0.25) is 17.6 Å². The van der Waals surface area contributed by atoms with Crippen molar-refractivity contribution in [1.29, 1.82) is 0 Å². The zero-order valence-electron chi connectivity index (χ0n) is 30.8. The number of alkyl halides is 2. The summed E-state index contributed by atoms with van der Waals surface area (Å²) in [6, 6.07) is 1.63. The maximum absolute atomic E-state index is 14.4. The van der Waals surface area contributed by atoms with E-state index in [1.165, 1.54) is 11.0 Å². The van der Waals surface area contributed by atoms with E-state index in [9.17, 15) is 33.6 Å². The zero-order chi connectivity index (χ0) is 38.9. The van der Waals surface area contributed by atoms with E-state index in [-0.39, 0.29) is 26.1 Å². The summed E-state index contributed by atoms with van der Waals surface area (Å²) in [7, 11) is 0. The molecule has 0 radical (unpaired) electrons. The molecule has 1 aromatic rings. The number of piperidine rings is 1. The topological polar surface area (TPSA) is 174 Å². The highest BCUT2D eigenvalue weighted by Crippen LogP contribution is 2.65. The summed E-state index contributed by atoms with van der Waals surface area (Å²) < 4.78 is -1.28. The lowest BCUT2D eigenvalue weighted by Crippen LogP contribution is -2.63. The van der Waals surface area contributed by atoms with Gasteiger partial charge < -0.3 is 26.2 Å². The molecule has 1 aliphatic carbocycles. The number of fused-ring (bicyclic) bond motifs is 2. The monoisotopic (exact) mass is 760 g/mol. The van der Waals surface area contributed by atoms with Crippen LogP contribution in [0.15, 0.2) is 36.9 Å². The first-order valence-corrected chi connectivity index (χ1v) is 18.4. The molecule has 284 valence electrons. The van der Waals surface area contributed by atoms with E-state index in [4.69, 9.17) is 23.2 Å². The number of nitrogens with one attached hydrogen (secondary N) is 4. The molecule has 2 aliphatic heterocycles. The Bertz CT molecular complexity index is 1600. The molecular weight excluding hydrogens is 711 g/mol. The van der Waals surface area contributed by atoms with Crippen molar-refractivity contribution in [2.24, 2.45) is 22.7 Å². The second-order valence-electron chi connectivity index (χ2n) is 15.9. The number of urea groups is 1. The van der Waals surface area contributed by atoms with E-state index >= 15 is 0 Å². The lowest BCUT2D eigenvalue weighted by molar-refractivity contribution is -0.144. The Kier molecular flexibility index (Phi) is 12.2. The molecule has 0 aromatic heterocycles. The zero-order valence-corrected chi connectivity index (χ0v) is 32.3. The van der Waals surface area contributed by atoms with Gasteiger partial charge in [-0.25, -0.2) is 4.79 Å². The largest absolute Gasteiger partial charge is 0.346 e. The minimum atomic E-state index is -1.28. The number of amides is 7. The Morgan fingerprint density at radius 1 is 0.962 bits per heavy atom. The van der Waals surface area contributed by atoms with Gasteiger partial charge in [-0.1, -0.05) is 79.5 Å². The third-order valence-electron chi connectivity index (χ3n) is 9.98. The minimum absolute atomic E-state index is 0.0300. The van der Waals surface area contributed by atoms with Crippen LogP contribution in [-0.4, -0.2) is 99.3 Å². The van der Waals surface area contributed by atoms with Crippen LogP contribution in [0.4, 0.5) is 4.79 Å². The summed E-state index contributed by atoms with van der Waals surface area (Å²) in [5.41, 5.74) is -0.893. The Labute approximate surface area is 314 Å².